The van der Waals surface area contributed by atoms with Crippen molar-refractivity contribution in [2.75, 3.05) is 0 Å². The topological polar surface area (TPSA) is 42.9 Å². The van der Waals surface area contributed by atoms with E-state index in [2.05, 4.69) is 9.97 Å². The molecule has 0 N–H and O–H groups in total. The lowest BCUT2D eigenvalue weighted by Gasteiger charge is -2.01. The predicted octanol–water partition coefficient (Wildman–Crippen LogP) is 2.40. The maximum absolute atomic E-state index is 10.5. The Kier molecular flexibility index (Phi) is 2.17. The third-order valence-corrected chi connectivity index (χ3v) is 2.22. The lowest BCUT2D eigenvalue weighted by molar-refractivity contribution is 0.111. The van der Waals surface area contributed by atoms with Crippen molar-refractivity contribution >= 4 is 28.8 Å². The van der Waals surface area contributed by atoms with E-state index in [-0.39, 0.29) is 5.82 Å². The number of fused-ring (bicyclic) bond motifs is 1. The zero-order valence-electron chi connectivity index (χ0n) is 7.49. The van der Waals surface area contributed by atoms with Gasteiger partial charge in [0.1, 0.15) is 5.15 Å². The summed E-state index contributed by atoms with van der Waals surface area (Å²) in [5.74, 6) is 0.117. The average molecular weight is 207 g/mol. The number of rotatable bonds is 1. The van der Waals surface area contributed by atoms with Crippen molar-refractivity contribution in [3.8, 4) is 0 Å². The van der Waals surface area contributed by atoms with E-state index in [4.69, 9.17) is 11.6 Å². The molecule has 0 radical (unpaired) electrons. The van der Waals surface area contributed by atoms with Crippen LogP contribution in [0.25, 0.3) is 10.9 Å². The van der Waals surface area contributed by atoms with E-state index in [0.717, 1.165) is 10.9 Å². The lowest BCUT2D eigenvalue weighted by Crippen LogP contribution is -1.94. The number of benzene rings is 1. The van der Waals surface area contributed by atoms with Crippen LogP contribution in [0, 0.1) is 6.92 Å². The smallest absolute Gasteiger partial charge is 0.194 e. The zero-order valence-corrected chi connectivity index (χ0v) is 8.25. The van der Waals surface area contributed by atoms with Gasteiger partial charge in [0.05, 0.1) is 5.52 Å². The van der Waals surface area contributed by atoms with Crippen LogP contribution in [0.4, 0.5) is 0 Å². The van der Waals surface area contributed by atoms with Crippen molar-refractivity contribution in [3.05, 3.63) is 34.7 Å². The van der Waals surface area contributed by atoms with Crippen molar-refractivity contribution < 1.29 is 4.79 Å². The molecule has 0 aliphatic rings. The van der Waals surface area contributed by atoms with Crippen LogP contribution < -0.4 is 0 Å². The van der Waals surface area contributed by atoms with Gasteiger partial charge in [-0.25, -0.2) is 9.97 Å². The molecular formula is C10H7ClN2O. The number of aldehydes is 1. The first-order chi connectivity index (χ1) is 6.70. The maximum Gasteiger partial charge on any atom is 0.194 e. The molecule has 0 fully saturated rings. The van der Waals surface area contributed by atoms with Crippen molar-refractivity contribution in [2.45, 2.75) is 6.92 Å². The first-order valence-corrected chi connectivity index (χ1v) is 4.47. The number of carbonyl (C=O) groups excluding carboxylic acids is 1. The highest BCUT2D eigenvalue weighted by molar-refractivity contribution is 6.34. The SMILES string of the molecule is Cc1ccc2nc(C=O)nc(Cl)c2c1. The maximum atomic E-state index is 10.5. The predicted molar refractivity (Wildman–Crippen MR) is 54.7 cm³/mol. The van der Waals surface area contributed by atoms with Crippen LogP contribution >= 0.6 is 11.6 Å². The average Bonchev–Trinajstić information content (AvgIpc) is 2.19. The number of aromatic nitrogens is 2. The van der Waals surface area contributed by atoms with Crippen LogP contribution in [0.15, 0.2) is 18.2 Å². The largest absolute Gasteiger partial charge is 0.294 e. The van der Waals surface area contributed by atoms with Gasteiger partial charge in [-0.15, -0.1) is 0 Å². The highest BCUT2D eigenvalue weighted by Gasteiger charge is 2.04. The third-order valence-electron chi connectivity index (χ3n) is 1.93. The van der Waals surface area contributed by atoms with E-state index in [1.165, 1.54) is 0 Å². The highest BCUT2D eigenvalue weighted by Crippen LogP contribution is 2.20. The van der Waals surface area contributed by atoms with Crippen LogP contribution in [-0.2, 0) is 0 Å². The van der Waals surface area contributed by atoms with Gasteiger partial charge in [-0.05, 0) is 19.1 Å². The molecule has 0 atom stereocenters. The molecule has 1 aromatic heterocycles. The Labute approximate surface area is 85.7 Å². The molecule has 0 aliphatic carbocycles. The number of nitrogens with zero attached hydrogens (tertiary/aromatic N) is 2. The Hall–Kier alpha value is -1.48. The summed E-state index contributed by atoms with van der Waals surface area (Å²) < 4.78 is 0. The minimum Gasteiger partial charge on any atom is -0.294 e. The first kappa shape index (κ1) is 9.09. The first-order valence-electron chi connectivity index (χ1n) is 4.10. The standard InChI is InChI=1S/C10H7ClN2O/c1-6-2-3-8-7(4-6)10(11)13-9(5-14)12-8/h2-5H,1H3. The summed E-state index contributed by atoms with van der Waals surface area (Å²) in [5.41, 5.74) is 1.78. The summed E-state index contributed by atoms with van der Waals surface area (Å²) in [7, 11) is 0. The summed E-state index contributed by atoms with van der Waals surface area (Å²) in [4.78, 5) is 18.4. The monoisotopic (exact) mass is 206 g/mol. The Bertz CT molecular complexity index is 511. The van der Waals surface area contributed by atoms with Gasteiger partial charge in [0.25, 0.3) is 0 Å². The summed E-state index contributed by atoms with van der Waals surface area (Å²) in [6, 6.07) is 5.64. The minimum absolute atomic E-state index is 0.117. The van der Waals surface area contributed by atoms with Crippen LogP contribution in [0.3, 0.4) is 0 Å². The van der Waals surface area contributed by atoms with E-state index in [1.807, 2.05) is 25.1 Å². The molecule has 1 aromatic carbocycles. The number of hydrogen-bond acceptors (Lipinski definition) is 3. The molecule has 14 heavy (non-hydrogen) atoms. The molecule has 0 amide bonds. The van der Waals surface area contributed by atoms with Crippen molar-refractivity contribution in [1.82, 2.24) is 9.97 Å². The third kappa shape index (κ3) is 1.46. The number of hydrogen-bond donors (Lipinski definition) is 0. The summed E-state index contributed by atoms with van der Waals surface area (Å²) in [6.07, 6.45) is 0.588. The molecule has 3 nitrogen and oxygen atoms in total. The fourth-order valence-electron chi connectivity index (χ4n) is 1.27. The fraction of sp³-hybridized carbons (Fsp3) is 0.100. The van der Waals surface area contributed by atoms with Crippen molar-refractivity contribution in [2.24, 2.45) is 0 Å². The molecule has 2 aromatic rings. The molecule has 0 aliphatic heterocycles. The number of carbonyl (C=O) groups is 1. The molecule has 0 saturated carbocycles. The van der Waals surface area contributed by atoms with Gasteiger partial charge in [0.15, 0.2) is 12.1 Å². The Morgan fingerprint density at radius 3 is 2.86 bits per heavy atom. The normalized spacial score (nSPS) is 10.4. The summed E-state index contributed by atoms with van der Waals surface area (Å²) in [5, 5.41) is 1.10. The molecule has 70 valence electrons. The van der Waals surface area contributed by atoms with Crippen LogP contribution in [0.2, 0.25) is 5.15 Å². The molecule has 0 bridgehead atoms. The quantitative estimate of drug-likeness (QED) is 0.532. The Morgan fingerprint density at radius 1 is 1.36 bits per heavy atom. The zero-order chi connectivity index (χ0) is 10.1. The van der Waals surface area contributed by atoms with Gasteiger partial charge >= 0.3 is 0 Å². The second kappa shape index (κ2) is 3.35. The van der Waals surface area contributed by atoms with E-state index in [0.29, 0.717) is 17.0 Å². The molecule has 0 unspecified atom stereocenters. The minimum atomic E-state index is 0.117. The van der Waals surface area contributed by atoms with E-state index < -0.39 is 0 Å². The summed E-state index contributed by atoms with van der Waals surface area (Å²) in [6.45, 7) is 1.96. The van der Waals surface area contributed by atoms with E-state index >= 15 is 0 Å². The van der Waals surface area contributed by atoms with Gasteiger partial charge in [0, 0.05) is 5.39 Å². The fourth-order valence-corrected chi connectivity index (χ4v) is 1.51. The van der Waals surface area contributed by atoms with Crippen molar-refractivity contribution in [1.29, 1.82) is 0 Å². The van der Waals surface area contributed by atoms with E-state index in [9.17, 15) is 4.79 Å². The Morgan fingerprint density at radius 2 is 2.14 bits per heavy atom. The van der Waals surface area contributed by atoms with Crippen molar-refractivity contribution in [3.63, 3.8) is 0 Å². The van der Waals surface area contributed by atoms with Gasteiger partial charge in [-0.2, -0.15) is 0 Å². The molecule has 0 spiro atoms. The van der Waals surface area contributed by atoms with Gasteiger partial charge in [-0.1, -0.05) is 23.2 Å². The molecule has 0 saturated heterocycles. The Balaban J connectivity index is 2.82. The number of halogens is 1. The molecule has 2 rings (SSSR count). The lowest BCUT2D eigenvalue weighted by atomic mass is 10.2. The van der Waals surface area contributed by atoms with Gasteiger partial charge < -0.3 is 0 Å². The molecule has 4 heteroatoms. The molecule has 1 heterocycles. The summed E-state index contributed by atoms with van der Waals surface area (Å²) >= 11 is 5.90. The van der Waals surface area contributed by atoms with Crippen LogP contribution in [-0.4, -0.2) is 16.3 Å². The van der Waals surface area contributed by atoms with Gasteiger partial charge in [0.2, 0.25) is 0 Å². The van der Waals surface area contributed by atoms with E-state index in [1.54, 1.807) is 0 Å². The highest BCUT2D eigenvalue weighted by atomic mass is 35.5. The van der Waals surface area contributed by atoms with Crippen LogP contribution in [0.1, 0.15) is 16.2 Å². The second-order valence-electron chi connectivity index (χ2n) is 3.01. The van der Waals surface area contributed by atoms with Gasteiger partial charge in [-0.3, -0.25) is 4.79 Å². The number of aryl methyl sites for hydroxylation is 1. The molecular weight excluding hydrogens is 200 g/mol. The van der Waals surface area contributed by atoms with Crippen LogP contribution in [0.5, 0.6) is 0 Å². The second-order valence-corrected chi connectivity index (χ2v) is 3.37.